The van der Waals surface area contributed by atoms with Crippen LogP contribution in [0.4, 0.5) is 5.69 Å². The van der Waals surface area contributed by atoms with E-state index in [-0.39, 0.29) is 17.2 Å². The van der Waals surface area contributed by atoms with Gasteiger partial charge >= 0.3 is 7.82 Å². The second-order valence-electron chi connectivity index (χ2n) is 6.13. The van der Waals surface area contributed by atoms with E-state index in [1.807, 2.05) is 21.1 Å². The van der Waals surface area contributed by atoms with Gasteiger partial charge in [0.15, 0.2) is 0 Å². The van der Waals surface area contributed by atoms with Gasteiger partial charge in [-0.15, -0.1) is 0 Å². The van der Waals surface area contributed by atoms with Gasteiger partial charge in [0.1, 0.15) is 6.54 Å². The van der Waals surface area contributed by atoms with E-state index in [9.17, 15) is 14.4 Å². The number of hydrogen-bond donors (Lipinski definition) is 2. The molecule has 0 aromatic heterocycles. The van der Waals surface area contributed by atoms with E-state index in [2.05, 4.69) is 20.9 Å². The van der Waals surface area contributed by atoms with Crippen molar-refractivity contribution >= 4 is 47.3 Å². The van der Waals surface area contributed by atoms with Crippen LogP contribution in [0.15, 0.2) is 21.6 Å². The predicted molar refractivity (Wildman–Crippen MR) is 91.0 cm³/mol. The molecule has 1 aliphatic rings. The Hall–Kier alpha value is -0.310. The number of nitrogens with zero attached hydrogens (tertiary/aromatic N) is 2. The lowest BCUT2D eigenvalue weighted by atomic mass is 10.1. The molecule has 0 radical (unpaired) electrons. The minimum absolute atomic E-state index is 0.192. The predicted octanol–water partition coefficient (Wildman–Crippen LogP) is 2.80. The molecule has 0 fully saturated rings. The third kappa shape index (κ3) is 4.61. The molecule has 0 saturated carbocycles. The zero-order chi connectivity index (χ0) is 17.5. The summed E-state index contributed by atoms with van der Waals surface area (Å²) < 4.78 is 23.3. The number of quaternary nitrogens is 1. The van der Waals surface area contributed by atoms with Crippen molar-refractivity contribution < 1.29 is 28.1 Å². The van der Waals surface area contributed by atoms with Gasteiger partial charge < -0.3 is 19.0 Å². The van der Waals surface area contributed by atoms with E-state index in [1.165, 1.54) is 6.21 Å². The summed E-state index contributed by atoms with van der Waals surface area (Å²) in [5.41, 5.74) is 0.718. The SMILES string of the molecule is C[N+](C)(C)CCOC1(OP(=O)(O)O)C=Nc2ccc(Br)c(Cl)c21. The van der Waals surface area contributed by atoms with Crippen molar-refractivity contribution in [2.75, 3.05) is 34.3 Å². The number of halogens is 2. The Balaban J connectivity index is 2.41. The molecule has 23 heavy (non-hydrogen) atoms. The smallest absolute Gasteiger partial charge is 0.335 e. The maximum Gasteiger partial charge on any atom is 0.472 e. The molecule has 1 aromatic rings. The van der Waals surface area contributed by atoms with E-state index in [0.29, 0.717) is 21.2 Å². The molecule has 10 heteroatoms. The van der Waals surface area contributed by atoms with Gasteiger partial charge in [-0.25, -0.2) is 9.09 Å². The van der Waals surface area contributed by atoms with Crippen LogP contribution in [0.2, 0.25) is 5.02 Å². The number of phosphoric acid groups is 1. The van der Waals surface area contributed by atoms with E-state index < -0.39 is 13.6 Å². The molecule has 0 bridgehead atoms. The number of rotatable bonds is 6. The molecule has 1 aliphatic heterocycles. The number of likely N-dealkylation sites (N-methyl/N-ethyl adjacent to an activating group) is 1. The van der Waals surface area contributed by atoms with Crippen LogP contribution >= 0.6 is 35.4 Å². The lowest BCUT2D eigenvalue weighted by Crippen LogP contribution is -2.41. The fourth-order valence-corrected chi connectivity index (χ4v) is 3.22. The van der Waals surface area contributed by atoms with Crippen molar-refractivity contribution in [2.45, 2.75) is 5.79 Å². The molecular formula is C13H18BrClN2O5P+. The second kappa shape index (κ2) is 6.54. The highest BCUT2D eigenvalue weighted by molar-refractivity contribution is 9.10. The number of phosphoric ester groups is 1. The van der Waals surface area contributed by atoms with Crippen LogP contribution in [0.1, 0.15) is 5.56 Å². The van der Waals surface area contributed by atoms with Gasteiger partial charge in [0.05, 0.1) is 50.2 Å². The van der Waals surface area contributed by atoms with Crippen molar-refractivity contribution in [1.82, 2.24) is 0 Å². The van der Waals surface area contributed by atoms with E-state index in [0.717, 1.165) is 0 Å². The van der Waals surface area contributed by atoms with Gasteiger partial charge in [-0.3, -0.25) is 4.99 Å². The number of aliphatic imine (C=N–C) groups is 1. The Morgan fingerprint density at radius 3 is 2.61 bits per heavy atom. The van der Waals surface area contributed by atoms with Crippen molar-refractivity contribution in [1.29, 1.82) is 0 Å². The van der Waals surface area contributed by atoms with Gasteiger partial charge in [0.2, 0.25) is 5.79 Å². The van der Waals surface area contributed by atoms with Crippen molar-refractivity contribution in [3.63, 3.8) is 0 Å². The van der Waals surface area contributed by atoms with Gasteiger partial charge in [0, 0.05) is 4.47 Å². The third-order valence-corrected chi connectivity index (χ3v) is 4.92. The second-order valence-corrected chi connectivity index (χ2v) is 8.52. The Morgan fingerprint density at radius 1 is 1.39 bits per heavy atom. The van der Waals surface area contributed by atoms with Gasteiger partial charge in [-0.2, -0.15) is 0 Å². The van der Waals surface area contributed by atoms with Crippen LogP contribution in [0.5, 0.6) is 0 Å². The minimum Gasteiger partial charge on any atom is -0.335 e. The molecule has 1 aromatic carbocycles. The summed E-state index contributed by atoms with van der Waals surface area (Å²) in [4.78, 5) is 22.7. The molecule has 1 atom stereocenters. The van der Waals surface area contributed by atoms with Crippen molar-refractivity contribution in [3.05, 3.63) is 27.2 Å². The summed E-state index contributed by atoms with van der Waals surface area (Å²) in [7, 11) is 1.07. The fraction of sp³-hybridized carbons (Fsp3) is 0.462. The average Bonchev–Trinajstić information content (AvgIpc) is 2.70. The lowest BCUT2D eigenvalue weighted by molar-refractivity contribution is -0.871. The first-order valence-electron chi connectivity index (χ1n) is 6.68. The largest absolute Gasteiger partial charge is 0.472 e. The van der Waals surface area contributed by atoms with Gasteiger partial charge in [-0.1, -0.05) is 11.6 Å². The summed E-state index contributed by atoms with van der Waals surface area (Å²) in [5.74, 6) is -1.82. The Labute approximate surface area is 147 Å². The van der Waals surface area contributed by atoms with Crippen LogP contribution in [-0.4, -0.2) is 54.8 Å². The van der Waals surface area contributed by atoms with Gasteiger partial charge in [0.25, 0.3) is 0 Å². The molecular weight excluding hydrogens is 410 g/mol. The van der Waals surface area contributed by atoms with Gasteiger partial charge in [-0.05, 0) is 28.1 Å². The van der Waals surface area contributed by atoms with Crippen LogP contribution in [0.3, 0.4) is 0 Å². The molecule has 0 saturated heterocycles. The Bertz CT molecular complexity index is 688. The molecule has 0 spiro atoms. The third-order valence-electron chi connectivity index (χ3n) is 3.13. The highest BCUT2D eigenvalue weighted by Crippen LogP contribution is 2.52. The van der Waals surface area contributed by atoms with Crippen molar-refractivity contribution in [2.24, 2.45) is 4.99 Å². The van der Waals surface area contributed by atoms with E-state index in [4.69, 9.17) is 20.9 Å². The van der Waals surface area contributed by atoms with Crippen molar-refractivity contribution in [3.8, 4) is 0 Å². The molecule has 128 valence electrons. The number of fused-ring (bicyclic) bond motifs is 1. The number of ether oxygens (including phenoxy) is 1. The monoisotopic (exact) mass is 427 g/mol. The molecule has 1 unspecified atom stereocenters. The first-order chi connectivity index (χ1) is 10.4. The van der Waals surface area contributed by atoms with Crippen LogP contribution < -0.4 is 0 Å². The topological polar surface area (TPSA) is 88.4 Å². The molecule has 2 N–H and O–H groups in total. The normalized spacial score (nSPS) is 20.8. The molecule has 7 nitrogen and oxygen atoms in total. The highest BCUT2D eigenvalue weighted by atomic mass is 79.9. The number of hydrogen-bond acceptors (Lipinski definition) is 4. The minimum atomic E-state index is -4.85. The molecule has 0 aliphatic carbocycles. The first-order valence-corrected chi connectivity index (χ1v) is 9.38. The summed E-state index contributed by atoms with van der Waals surface area (Å²) in [6, 6.07) is 3.36. The Morgan fingerprint density at radius 2 is 2.04 bits per heavy atom. The summed E-state index contributed by atoms with van der Waals surface area (Å²) >= 11 is 9.56. The van der Waals surface area contributed by atoms with E-state index in [1.54, 1.807) is 12.1 Å². The first kappa shape index (κ1) is 19.0. The summed E-state index contributed by atoms with van der Waals surface area (Å²) in [6.07, 6.45) is 1.23. The fourth-order valence-electron chi connectivity index (χ4n) is 2.05. The number of benzene rings is 1. The molecule has 0 amide bonds. The maximum atomic E-state index is 11.4. The maximum absolute atomic E-state index is 11.4. The molecule has 2 rings (SSSR count). The van der Waals surface area contributed by atoms with Crippen LogP contribution in [0.25, 0.3) is 0 Å². The van der Waals surface area contributed by atoms with Crippen LogP contribution in [-0.2, 0) is 19.6 Å². The lowest BCUT2D eigenvalue weighted by Gasteiger charge is -2.31. The van der Waals surface area contributed by atoms with E-state index >= 15 is 0 Å². The summed E-state index contributed by atoms with van der Waals surface area (Å²) in [5, 5.41) is 0.235. The highest BCUT2D eigenvalue weighted by Gasteiger charge is 2.46. The zero-order valence-electron chi connectivity index (χ0n) is 12.9. The average molecular weight is 429 g/mol. The zero-order valence-corrected chi connectivity index (χ0v) is 16.1. The molecule has 1 heterocycles. The Kier molecular flexibility index (Phi) is 5.41. The summed E-state index contributed by atoms with van der Waals surface area (Å²) in [6.45, 7) is 0.791. The van der Waals surface area contributed by atoms with Crippen LogP contribution in [0, 0.1) is 0 Å². The standard InChI is InChI=1S/C13H17BrClN2O5P/c1-17(2,3)6-7-21-13(22-23(18,19)20)8-16-10-5-4-9(14)12(15)11(10)13/h4-5,8H,6-7H2,1-3H3,(H-,18,19,20)/p+1. The quantitative estimate of drug-likeness (QED) is 0.413.